The lowest BCUT2D eigenvalue weighted by Gasteiger charge is -2.45. The van der Waals surface area contributed by atoms with Crippen molar-refractivity contribution >= 4 is 11.3 Å². The molecule has 3 heteroatoms. The summed E-state index contributed by atoms with van der Waals surface area (Å²) in [6.07, 6.45) is 6.70. The molecule has 1 aliphatic heterocycles. The molecule has 0 amide bonds. The van der Waals surface area contributed by atoms with Crippen molar-refractivity contribution in [3.05, 3.63) is 28.8 Å². The van der Waals surface area contributed by atoms with Crippen LogP contribution >= 0.6 is 11.3 Å². The van der Waals surface area contributed by atoms with Crippen molar-refractivity contribution in [1.29, 1.82) is 0 Å². The molecule has 2 aromatic heterocycles. The van der Waals surface area contributed by atoms with Crippen molar-refractivity contribution in [3.63, 3.8) is 0 Å². The van der Waals surface area contributed by atoms with Crippen LogP contribution in [0.2, 0.25) is 0 Å². The van der Waals surface area contributed by atoms with Gasteiger partial charge in [0.15, 0.2) is 0 Å². The standard InChI is InChI=1S/C14H16N2S/c1-14(2)5-9(6-14)12-13-10(3-4-17-13)11-7-15-8-16(11)12/h3-4,7-9,12H,5-6H2,1-2H3/t12-/m0/s1. The predicted molar refractivity (Wildman–Crippen MR) is 70.2 cm³/mol. The Hall–Kier alpha value is -1.09. The van der Waals surface area contributed by atoms with E-state index in [-0.39, 0.29) is 0 Å². The summed E-state index contributed by atoms with van der Waals surface area (Å²) in [5.74, 6) is 0.804. The quantitative estimate of drug-likeness (QED) is 0.742. The van der Waals surface area contributed by atoms with Gasteiger partial charge in [0.2, 0.25) is 0 Å². The van der Waals surface area contributed by atoms with E-state index in [9.17, 15) is 0 Å². The topological polar surface area (TPSA) is 17.8 Å². The fourth-order valence-electron chi connectivity index (χ4n) is 3.65. The molecule has 0 radical (unpaired) electrons. The van der Waals surface area contributed by atoms with Crippen molar-refractivity contribution in [2.75, 3.05) is 0 Å². The van der Waals surface area contributed by atoms with Crippen LogP contribution in [-0.4, -0.2) is 9.55 Å². The summed E-state index contributed by atoms with van der Waals surface area (Å²) in [4.78, 5) is 5.88. The Labute approximate surface area is 105 Å². The van der Waals surface area contributed by atoms with E-state index in [1.807, 2.05) is 23.9 Å². The Bertz CT molecular complexity index is 530. The molecule has 2 nitrogen and oxygen atoms in total. The third kappa shape index (κ3) is 1.23. The first-order valence-corrected chi connectivity index (χ1v) is 7.13. The molecule has 88 valence electrons. The molecule has 0 unspecified atom stereocenters. The maximum Gasteiger partial charge on any atom is 0.0957 e. The van der Waals surface area contributed by atoms with Gasteiger partial charge in [0, 0.05) is 10.4 Å². The average Bonchev–Trinajstić information content (AvgIpc) is 2.82. The normalized spacial score (nSPS) is 25.4. The van der Waals surface area contributed by atoms with E-state index in [1.165, 1.54) is 24.1 Å². The smallest absolute Gasteiger partial charge is 0.0957 e. The number of fused-ring (bicyclic) bond motifs is 3. The van der Waals surface area contributed by atoms with Gasteiger partial charge in [-0.05, 0) is 35.6 Å². The van der Waals surface area contributed by atoms with Gasteiger partial charge in [0.25, 0.3) is 0 Å². The Morgan fingerprint density at radius 1 is 1.41 bits per heavy atom. The van der Waals surface area contributed by atoms with Gasteiger partial charge in [0.1, 0.15) is 0 Å². The largest absolute Gasteiger partial charge is 0.322 e. The van der Waals surface area contributed by atoms with Crippen molar-refractivity contribution < 1.29 is 0 Å². The van der Waals surface area contributed by atoms with Crippen LogP contribution < -0.4 is 0 Å². The van der Waals surface area contributed by atoms with Crippen molar-refractivity contribution in [2.45, 2.75) is 32.7 Å². The van der Waals surface area contributed by atoms with Crippen LogP contribution in [0.1, 0.15) is 37.6 Å². The van der Waals surface area contributed by atoms with Crippen LogP contribution in [0.5, 0.6) is 0 Å². The Balaban J connectivity index is 1.78. The SMILES string of the molecule is CC1(C)CC([C@H]2c3sccc3-c3cncn32)C1. The van der Waals surface area contributed by atoms with E-state index in [2.05, 4.69) is 34.8 Å². The van der Waals surface area contributed by atoms with Gasteiger partial charge in [-0.2, -0.15) is 0 Å². The second-order valence-corrected chi connectivity index (χ2v) is 7.11. The summed E-state index contributed by atoms with van der Waals surface area (Å²) in [7, 11) is 0. The van der Waals surface area contributed by atoms with Crippen molar-refractivity contribution in [2.24, 2.45) is 11.3 Å². The minimum atomic E-state index is 0.547. The monoisotopic (exact) mass is 244 g/mol. The Kier molecular flexibility index (Phi) is 1.76. The zero-order chi connectivity index (χ0) is 11.6. The zero-order valence-corrected chi connectivity index (χ0v) is 11.0. The molecule has 1 saturated carbocycles. The Morgan fingerprint density at radius 2 is 2.24 bits per heavy atom. The van der Waals surface area contributed by atoms with Crippen LogP contribution in [0.25, 0.3) is 11.3 Å². The molecule has 0 N–H and O–H groups in total. The second-order valence-electron chi connectivity index (χ2n) is 6.16. The summed E-state index contributed by atoms with van der Waals surface area (Å²) >= 11 is 1.91. The van der Waals surface area contributed by atoms with Gasteiger partial charge < -0.3 is 4.57 Å². The van der Waals surface area contributed by atoms with E-state index in [0.29, 0.717) is 11.5 Å². The van der Waals surface area contributed by atoms with E-state index < -0.39 is 0 Å². The summed E-state index contributed by atoms with van der Waals surface area (Å²) in [5.41, 5.74) is 3.28. The minimum absolute atomic E-state index is 0.547. The van der Waals surface area contributed by atoms with Gasteiger partial charge in [-0.3, -0.25) is 0 Å². The molecular formula is C14H16N2S. The zero-order valence-electron chi connectivity index (χ0n) is 10.2. The molecule has 1 aliphatic carbocycles. The van der Waals surface area contributed by atoms with Gasteiger partial charge in [0.05, 0.1) is 24.3 Å². The number of hydrogen-bond acceptors (Lipinski definition) is 2. The molecule has 2 aliphatic rings. The summed E-state index contributed by atoms with van der Waals surface area (Å²) in [5, 5.41) is 2.22. The molecule has 3 heterocycles. The number of nitrogens with zero attached hydrogens (tertiary/aromatic N) is 2. The molecule has 17 heavy (non-hydrogen) atoms. The van der Waals surface area contributed by atoms with Crippen LogP contribution in [0.3, 0.4) is 0 Å². The number of imidazole rings is 1. The molecule has 0 spiro atoms. The van der Waals surface area contributed by atoms with Gasteiger partial charge in [-0.25, -0.2) is 4.98 Å². The molecule has 0 aromatic carbocycles. The van der Waals surface area contributed by atoms with Crippen LogP contribution in [0.4, 0.5) is 0 Å². The molecule has 4 rings (SSSR count). The van der Waals surface area contributed by atoms with Gasteiger partial charge in [-0.15, -0.1) is 11.3 Å². The first kappa shape index (κ1) is 9.89. The number of hydrogen-bond donors (Lipinski definition) is 0. The van der Waals surface area contributed by atoms with Crippen LogP contribution in [-0.2, 0) is 0 Å². The highest BCUT2D eigenvalue weighted by molar-refractivity contribution is 7.10. The molecule has 0 bridgehead atoms. The molecular weight excluding hydrogens is 228 g/mol. The van der Waals surface area contributed by atoms with Gasteiger partial charge >= 0.3 is 0 Å². The predicted octanol–water partition coefficient (Wildman–Crippen LogP) is 3.95. The molecule has 2 aromatic rings. The second kappa shape index (κ2) is 3.02. The van der Waals surface area contributed by atoms with E-state index in [4.69, 9.17) is 0 Å². The van der Waals surface area contributed by atoms with Crippen molar-refractivity contribution in [1.82, 2.24) is 9.55 Å². The third-order valence-corrected chi connectivity index (χ3v) is 5.27. The first-order valence-electron chi connectivity index (χ1n) is 6.25. The summed E-state index contributed by atoms with van der Waals surface area (Å²) < 4.78 is 2.39. The lowest BCUT2D eigenvalue weighted by atomic mass is 9.62. The summed E-state index contributed by atoms with van der Waals surface area (Å²) in [6, 6.07) is 2.81. The van der Waals surface area contributed by atoms with Gasteiger partial charge in [-0.1, -0.05) is 13.8 Å². The highest BCUT2D eigenvalue weighted by Gasteiger charge is 2.45. The van der Waals surface area contributed by atoms with E-state index in [0.717, 1.165) is 5.92 Å². The molecule has 1 atom stereocenters. The number of aromatic nitrogens is 2. The number of rotatable bonds is 1. The highest BCUT2D eigenvalue weighted by Crippen LogP contribution is 2.56. The highest BCUT2D eigenvalue weighted by atomic mass is 32.1. The fourth-order valence-corrected chi connectivity index (χ4v) is 4.74. The average molecular weight is 244 g/mol. The summed E-state index contributed by atoms with van der Waals surface area (Å²) in [6.45, 7) is 4.76. The van der Waals surface area contributed by atoms with E-state index >= 15 is 0 Å². The maximum absolute atomic E-state index is 4.32. The van der Waals surface area contributed by atoms with Crippen molar-refractivity contribution in [3.8, 4) is 11.3 Å². The maximum atomic E-state index is 4.32. The first-order chi connectivity index (χ1) is 8.16. The van der Waals surface area contributed by atoms with E-state index in [1.54, 1.807) is 4.88 Å². The minimum Gasteiger partial charge on any atom is -0.322 e. The van der Waals surface area contributed by atoms with Crippen LogP contribution in [0, 0.1) is 11.3 Å². The third-order valence-electron chi connectivity index (χ3n) is 4.28. The van der Waals surface area contributed by atoms with Crippen LogP contribution in [0.15, 0.2) is 24.0 Å². The number of thiophene rings is 1. The molecule has 1 fully saturated rings. The fraction of sp³-hybridized carbons (Fsp3) is 0.500. The molecule has 0 saturated heterocycles. The Morgan fingerprint density at radius 3 is 3.00 bits per heavy atom. The lowest BCUT2D eigenvalue weighted by Crippen LogP contribution is -2.36. The lowest BCUT2D eigenvalue weighted by molar-refractivity contribution is 0.0690.